The molecule has 0 spiro atoms. The number of furan rings is 1. The third-order valence-corrected chi connectivity index (χ3v) is 6.20. The Morgan fingerprint density at radius 2 is 2.20 bits per heavy atom. The molecule has 1 aliphatic heterocycles. The Morgan fingerprint density at radius 3 is 2.93 bits per heavy atom. The van der Waals surface area contributed by atoms with Gasteiger partial charge < -0.3 is 14.3 Å². The zero-order valence-corrected chi connectivity index (χ0v) is 17.8. The van der Waals surface area contributed by atoms with Gasteiger partial charge >= 0.3 is 0 Å². The van der Waals surface area contributed by atoms with Gasteiger partial charge in [-0.3, -0.25) is 9.69 Å². The lowest BCUT2D eigenvalue weighted by molar-refractivity contribution is 0.0926. The fraction of sp³-hybridized carbons (Fsp3) is 0.522. The molecule has 0 saturated heterocycles. The monoisotopic (exact) mass is 409 g/mol. The van der Waals surface area contributed by atoms with Gasteiger partial charge in [0.15, 0.2) is 5.76 Å². The molecule has 0 fully saturated rings. The van der Waals surface area contributed by atoms with Crippen molar-refractivity contribution < 1.29 is 9.21 Å². The van der Waals surface area contributed by atoms with Crippen LogP contribution in [0.1, 0.15) is 48.4 Å². The van der Waals surface area contributed by atoms with E-state index in [1.807, 2.05) is 0 Å². The SMILES string of the molecule is C=C(C)[C@@H]1CC=C(CN2CCc3nnc(CCNC(=O)c4ccco4)n3CC2)CC1. The van der Waals surface area contributed by atoms with Crippen molar-refractivity contribution >= 4 is 5.91 Å². The maximum atomic E-state index is 12.0. The minimum Gasteiger partial charge on any atom is -0.459 e. The minimum absolute atomic E-state index is 0.198. The first-order valence-electron chi connectivity index (χ1n) is 10.9. The Morgan fingerprint density at radius 1 is 1.30 bits per heavy atom. The summed E-state index contributed by atoms with van der Waals surface area (Å²) in [5, 5.41) is 11.7. The number of nitrogens with one attached hydrogen (secondary N) is 1. The maximum absolute atomic E-state index is 12.0. The third kappa shape index (κ3) is 4.90. The molecule has 30 heavy (non-hydrogen) atoms. The normalized spacial score (nSPS) is 19.6. The summed E-state index contributed by atoms with van der Waals surface area (Å²) in [4.78, 5) is 14.5. The molecule has 2 aromatic rings. The highest BCUT2D eigenvalue weighted by Gasteiger charge is 2.21. The summed E-state index contributed by atoms with van der Waals surface area (Å²) in [6.45, 7) is 10.7. The van der Waals surface area contributed by atoms with Crippen LogP contribution in [0.15, 0.2) is 46.6 Å². The van der Waals surface area contributed by atoms with Gasteiger partial charge in [-0.15, -0.1) is 10.2 Å². The smallest absolute Gasteiger partial charge is 0.286 e. The van der Waals surface area contributed by atoms with Gasteiger partial charge in [0.2, 0.25) is 0 Å². The number of fused-ring (bicyclic) bond motifs is 1. The van der Waals surface area contributed by atoms with E-state index in [0.29, 0.717) is 24.6 Å². The van der Waals surface area contributed by atoms with Crippen LogP contribution in [0, 0.1) is 5.92 Å². The average molecular weight is 410 g/mol. The Labute approximate surface area is 177 Å². The van der Waals surface area contributed by atoms with Gasteiger partial charge in [0.25, 0.3) is 5.91 Å². The molecule has 1 N–H and O–H groups in total. The molecule has 0 saturated carbocycles. The Hall–Kier alpha value is -2.67. The second kappa shape index (κ2) is 9.43. The van der Waals surface area contributed by atoms with E-state index in [1.54, 1.807) is 17.7 Å². The van der Waals surface area contributed by atoms with Gasteiger partial charge in [-0.2, -0.15) is 0 Å². The molecule has 4 rings (SSSR count). The highest BCUT2D eigenvalue weighted by atomic mass is 16.3. The Bertz CT molecular complexity index is 912. The first-order valence-corrected chi connectivity index (χ1v) is 10.9. The zero-order chi connectivity index (χ0) is 20.9. The zero-order valence-electron chi connectivity index (χ0n) is 17.8. The molecule has 0 aromatic carbocycles. The van der Waals surface area contributed by atoms with Crippen molar-refractivity contribution in [2.45, 2.75) is 45.6 Å². The molecular formula is C23H31N5O2. The van der Waals surface area contributed by atoms with Crippen molar-refractivity contribution in [3.05, 3.63) is 59.6 Å². The molecule has 160 valence electrons. The lowest BCUT2D eigenvalue weighted by Gasteiger charge is -2.26. The van der Waals surface area contributed by atoms with Crippen molar-refractivity contribution in [3.63, 3.8) is 0 Å². The van der Waals surface area contributed by atoms with Crippen molar-refractivity contribution in [1.82, 2.24) is 25.0 Å². The highest BCUT2D eigenvalue weighted by molar-refractivity contribution is 5.91. The number of hydrogen-bond donors (Lipinski definition) is 1. The van der Waals surface area contributed by atoms with Crippen LogP contribution in [0.2, 0.25) is 0 Å². The lowest BCUT2D eigenvalue weighted by Crippen LogP contribution is -2.30. The first kappa shape index (κ1) is 20.6. The number of amides is 1. The third-order valence-electron chi connectivity index (χ3n) is 6.20. The minimum atomic E-state index is -0.198. The van der Waals surface area contributed by atoms with Gasteiger partial charge in [-0.05, 0) is 44.2 Å². The molecule has 0 bridgehead atoms. The second-order valence-corrected chi connectivity index (χ2v) is 8.37. The van der Waals surface area contributed by atoms with E-state index in [9.17, 15) is 4.79 Å². The van der Waals surface area contributed by atoms with Gasteiger partial charge in [0.1, 0.15) is 11.6 Å². The molecule has 2 aliphatic rings. The van der Waals surface area contributed by atoms with E-state index in [-0.39, 0.29) is 5.91 Å². The fourth-order valence-electron chi connectivity index (χ4n) is 4.32. The van der Waals surface area contributed by atoms with Gasteiger partial charge in [0.05, 0.1) is 6.26 Å². The first-order chi connectivity index (χ1) is 14.6. The summed E-state index contributed by atoms with van der Waals surface area (Å²) >= 11 is 0. The summed E-state index contributed by atoms with van der Waals surface area (Å²) in [6.07, 6.45) is 9.05. The summed E-state index contributed by atoms with van der Waals surface area (Å²) in [6, 6.07) is 3.37. The highest BCUT2D eigenvalue weighted by Crippen LogP contribution is 2.28. The van der Waals surface area contributed by atoms with Crippen LogP contribution < -0.4 is 5.32 Å². The van der Waals surface area contributed by atoms with E-state index in [2.05, 4.69) is 44.6 Å². The number of rotatable bonds is 7. The maximum Gasteiger partial charge on any atom is 0.286 e. The number of aromatic nitrogens is 3. The largest absolute Gasteiger partial charge is 0.459 e. The molecule has 2 aromatic heterocycles. The van der Waals surface area contributed by atoms with Gasteiger partial charge in [-0.1, -0.05) is 23.8 Å². The van der Waals surface area contributed by atoms with Crippen LogP contribution in [-0.4, -0.2) is 51.8 Å². The summed E-state index contributed by atoms with van der Waals surface area (Å²) in [7, 11) is 0. The van der Waals surface area contributed by atoms with E-state index >= 15 is 0 Å². The van der Waals surface area contributed by atoms with Crippen molar-refractivity contribution in [1.29, 1.82) is 0 Å². The summed E-state index contributed by atoms with van der Waals surface area (Å²) in [5.41, 5.74) is 2.87. The summed E-state index contributed by atoms with van der Waals surface area (Å²) in [5.74, 6) is 2.77. The van der Waals surface area contributed by atoms with Crippen LogP contribution in [-0.2, 0) is 19.4 Å². The molecule has 1 amide bonds. The predicted octanol–water partition coefficient (Wildman–Crippen LogP) is 3.00. The van der Waals surface area contributed by atoms with E-state index in [1.165, 1.54) is 24.7 Å². The number of carbonyl (C=O) groups is 1. The van der Waals surface area contributed by atoms with Crippen LogP contribution in [0.25, 0.3) is 0 Å². The standard InChI is InChI=1S/C23H31N5O2/c1-17(2)19-7-5-18(6-8-19)16-27-12-10-22-26-25-21(28(22)14-13-27)9-11-24-23(29)20-4-3-15-30-20/h3-5,15,19H,1,6-14,16H2,2H3,(H,24,29)/t19-/m1/s1. The molecule has 7 nitrogen and oxygen atoms in total. The number of hydrogen-bond acceptors (Lipinski definition) is 5. The number of carbonyl (C=O) groups excluding carboxylic acids is 1. The lowest BCUT2D eigenvalue weighted by atomic mass is 9.85. The molecular weight excluding hydrogens is 378 g/mol. The average Bonchev–Trinajstić information content (AvgIpc) is 3.37. The summed E-state index contributed by atoms with van der Waals surface area (Å²) < 4.78 is 7.35. The molecule has 0 radical (unpaired) electrons. The Balaban J connectivity index is 1.28. The van der Waals surface area contributed by atoms with Crippen molar-refractivity contribution in [3.8, 4) is 0 Å². The van der Waals surface area contributed by atoms with Crippen LogP contribution >= 0.6 is 0 Å². The number of nitrogens with zero attached hydrogens (tertiary/aromatic N) is 4. The molecule has 0 unspecified atom stereocenters. The van der Waals surface area contributed by atoms with Crippen molar-refractivity contribution in [2.75, 3.05) is 26.2 Å². The molecule has 1 aliphatic carbocycles. The van der Waals surface area contributed by atoms with Crippen LogP contribution in [0.3, 0.4) is 0 Å². The second-order valence-electron chi connectivity index (χ2n) is 8.37. The Kier molecular flexibility index (Phi) is 6.47. The van der Waals surface area contributed by atoms with Crippen molar-refractivity contribution in [2.24, 2.45) is 5.92 Å². The van der Waals surface area contributed by atoms with E-state index in [0.717, 1.165) is 50.7 Å². The van der Waals surface area contributed by atoms with Crippen LogP contribution in [0.5, 0.6) is 0 Å². The molecule has 1 atom stereocenters. The number of allylic oxidation sites excluding steroid dienone is 2. The molecule has 3 heterocycles. The van der Waals surface area contributed by atoms with Gasteiger partial charge in [0, 0.05) is 45.6 Å². The predicted molar refractivity (Wildman–Crippen MR) is 115 cm³/mol. The van der Waals surface area contributed by atoms with E-state index in [4.69, 9.17) is 4.42 Å². The van der Waals surface area contributed by atoms with Crippen LogP contribution in [0.4, 0.5) is 0 Å². The van der Waals surface area contributed by atoms with E-state index < -0.39 is 0 Å². The molecule has 7 heteroatoms. The van der Waals surface area contributed by atoms with Gasteiger partial charge in [-0.25, -0.2) is 0 Å². The quantitative estimate of drug-likeness (QED) is 0.712. The fourth-order valence-corrected chi connectivity index (χ4v) is 4.32. The topological polar surface area (TPSA) is 76.2 Å².